The fourth-order valence-corrected chi connectivity index (χ4v) is 11.1. The molecule has 0 radical (unpaired) electrons. The molecule has 0 atom stereocenters. The maximum atomic E-state index is 11.3. The van der Waals surface area contributed by atoms with Crippen LogP contribution < -0.4 is 0 Å². The molecule has 8 aliphatic rings. The molecule has 32 heavy (non-hydrogen) atoms. The average molecular weight is 429 g/mol. The number of phenols is 2. The number of aromatic hydroxyl groups is 2. The molecule has 8 fully saturated rings. The van der Waals surface area contributed by atoms with Crippen molar-refractivity contribution in [1.82, 2.24) is 0 Å². The van der Waals surface area contributed by atoms with Crippen LogP contribution in [0.15, 0.2) is 24.3 Å². The first-order valence-corrected chi connectivity index (χ1v) is 13.5. The lowest BCUT2D eigenvalue weighted by atomic mass is 9.47. The summed E-state index contributed by atoms with van der Waals surface area (Å²) in [5.74, 6) is 6.15. The summed E-state index contributed by atoms with van der Waals surface area (Å²) >= 11 is 0. The smallest absolute Gasteiger partial charge is 0.119 e. The Balaban J connectivity index is 1.32. The minimum Gasteiger partial charge on any atom is -0.508 e. The molecule has 2 aromatic rings. The van der Waals surface area contributed by atoms with Gasteiger partial charge >= 0.3 is 0 Å². The summed E-state index contributed by atoms with van der Waals surface area (Å²) in [5, 5.41) is 24.4. The summed E-state index contributed by atoms with van der Waals surface area (Å²) in [6.45, 7) is 0. The highest BCUT2D eigenvalue weighted by Gasteiger charge is 2.54. The third-order valence-corrected chi connectivity index (χ3v) is 11.3. The lowest BCUT2D eigenvalue weighted by Crippen LogP contribution is -2.49. The molecule has 10 rings (SSSR count). The number of hydrogen-bond acceptors (Lipinski definition) is 2. The topological polar surface area (TPSA) is 40.5 Å². The molecule has 0 heterocycles. The second kappa shape index (κ2) is 6.05. The number of fused-ring (bicyclic) bond motifs is 1. The highest BCUT2D eigenvalue weighted by Crippen LogP contribution is 2.64. The van der Waals surface area contributed by atoms with Crippen LogP contribution in [-0.4, -0.2) is 10.2 Å². The molecule has 2 aromatic carbocycles. The van der Waals surface area contributed by atoms with Crippen LogP contribution in [0.25, 0.3) is 10.8 Å². The number of rotatable bonds is 2. The van der Waals surface area contributed by atoms with Crippen molar-refractivity contribution in [2.45, 2.75) is 87.9 Å². The summed E-state index contributed by atoms with van der Waals surface area (Å²) in [5.41, 5.74) is 3.11. The molecule has 2 N–H and O–H groups in total. The Bertz CT molecular complexity index is 1060. The van der Waals surface area contributed by atoms with E-state index < -0.39 is 0 Å². The van der Waals surface area contributed by atoms with E-state index in [9.17, 15) is 10.2 Å². The van der Waals surface area contributed by atoms with E-state index in [1.54, 1.807) is 0 Å². The second-order valence-electron chi connectivity index (χ2n) is 13.5. The predicted molar refractivity (Wildman–Crippen MR) is 127 cm³/mol. The Morgan fingerprint density at radius 2 is 0.969 bits per heavy atom. The Morgan fingerprint density at radius 3 is 1.44 bits per heavy atom. The Hall–Kier alpha value is -1.70. The molecule has 0 saturated heterocycles. The summed E-state index contributed by atoms with van der Waals surface area (Å²) in [4.78, 5) is 0. The Kier molecular flexibility index (Phi) is 3.53. The highest BCUT2D eigenvalue weighted by molar-refractivity contribution is 5.90. The quantitative estimate of drug-likeness (QED) is 0.531. The van der Waals surface area contributed by atoms with Crippen LogP contribution in [0.4, 0.5) is 0 Å². The predicted octanol–water partition coefficient (Wildman–Crippen LogP) is 7.19. The fraction of sp³-hybridized carbons (Fsp3) is 0.667. The summed E-state index contributed by atoms with van der Waals surface area (Å²) < 4.78 is 0. The average Bonchev–Trinajstić information content (AvgIpc) is 2.70. The van der Waals surface area contributed by atoms with E-state index in [1.165, 1.54) is 93.6 Å². The second-order valence-corrected chi connectivity index (χ2v) is 13.5. The van der Waals surface area contributed by atoms with Crippen LogP contribution in [0, 0.1) is 35.5 Å². The molecule has 0 spiro atoms. The number of hydrogen-bond donors (Lipinski definition) is 2. The van der Waals surface area contributed by atoms with Crippen molar-refractivity contribution in [3.8, 4) is 11.5 Å². The van der Waals surface area contributed by atoms with Gasteiger partial charge in [-0.1, -0.05) is 0 Å². The van der Waals surface area contributed by atoms with Crippen LogP contribution >= 0.6 is 0 Å². The van der Waals surface area contributed by atoms with Crippen LogP contribution in [0.1, 0.15) is 88.2 Å². The van der Waals surface area contributed by atoms with Gasteiger partial charge in [-0.2, -0.15) is 0 Å². The van der Waals surface area contributed by atoms with Gasteiger partial charge in [-0.25, -0.2) is 0 Å². The molecule has 8 bridgehead atoms. The molecule has 0 aliphatic heterocycles. The molecule has 2 heteroatoms. The van der Waals surface area contributed by atoms with Gasteiger partial charge in [-0.3, -0.25) is 0 Å². The molecular formula is C30H36O2. The number of phenolic OH excluding ortho intramolecular Hbond substituents is 2. The maximum absolute atomic E-state index is 11.3. The van der Waals surface area contributed by atoms with Crippen molar-refractivity contribution in [3.05, 3.63) is 35.4 Å². The monoisotopic (exact) mass is 428 g/mol. The molecule has 8 aliphatic carbocycles. The van der Waals surface area contributed by atoms with Gasteiger partial charge in [0.05, 0.1) is 0 Å². The van der Waals surface area contributed by atoms with Gasteiger partial charge in [0.2, 0.25) is 0 Å². The van der Waals surface area contributed by atoms with Crippen molar-refractivity contribution in [1.29, 1.82) is 0 Å². The first kappa shape index (κ1) is 18.7. The summed E-state index contributed by atoms with van der Waals surface area (Å²) in [6.07, 6.45) is 16.4. The largest absolute Gasteiger partial charge is 0.508 e. The van der Waals surface area contributed by atoms with Crippen LogP contribution in [0.5, 0.6) is 11.5 Å². The normalized spacial score (nSPS) is 45.8. The zero-order chi connectivity index (χ0) is 21.2. The minimum absolute atomic E-state index is 0.198. The molecule has 8 saturated carbocycles. The van der Waals surface area contributed by atoms with E-state index in [0.717, 1.165) is 40.9 Å². The molecule has 168 valence electrons. The maximum Gasteiger partial charge on any atom is 0.119 e. The lowest BCUT2D eigenvalue weighted by molar-refractivity contribution is -0.00643. The molecule has 0 aromatic heterocycles. The fourth-order valence-electron chi connectivity index (χ4n) is 11.1. The Labute approximate surface area is 191 Å². The molecule has 0 amide bonds. The molecule has 0 unspecified atom stereocenters. The standard InChI is InChI=1S/C30H36O2/c31-24-7-23-8-28(32)27(30-14-20-4-21(15-30)6-22(5-20)16-30)10-25(23)26(9-24)29-11-17-1-18(12-29)3-19(2-17)13-29/h7-10,17-22,31-32H,1-6,11-16H2. The van der Waals surface area contributed by atoms with E-state index >= 15 is 0 Å². The van der Waals surface area contributed by atoms with Crippen molar-refractivity contribution < 1.29 is 10.2 Å². The van der Waals surface area contributed by atoms with Gasteiger partial charge in [-0.15, -0.1) is 0 Å². The van der Waals surface area contributed by atoms with E-state index in [1.807, 2.05) is 12.1 Å². The zero-order valence-corrected chi connectivity index (χ0v) is 19.2. The zero-order valence-electron chi connectivity index (χ0n) is 19.2. The van der Waals surface area contributed by atoms with Gasteiger partial charge in [-0.05, 0) is 164 Å². The summed E-state index contributed by atoms with van der Waals surface area (Å²) in [7, 11) is 0. The van der Waals surface area contributed by atoms with Crippen LogP contribution in [0.3, 0.4) is 0 Å². The van der Waals surface area contributed by atoms with E-state index in [4.69, 9.17) is 0 Å². The summed E-state index contributed by atoms with van der Waals surface area (Å²) in [6, 6.07) is 8.44. The third-order valence-electron chi connectivity index (χ3n) is 11.3. The minimum atomic E-state index is 0.198. The van der Waals surface area contributed by atoms with Gasteiger partial charge in [0.1, 0.15) is 11.5 Å². The SMILES string of the molecule is Oc1cc(C23CC4CC(CC(C4)C2)C3)c2cc(C34CC5CC(CC(C5)C3)C4)c(O)cc2c1. The third kappa shape index (κ3) is 2.48. The van der Waals surface area contributed by atoms with Gasteiger partial charge < -0.3 is 10.2 Å². The highest BCUT2D eigenvalue weighted by atomic mass is 16.3. The first-order valence-electron chi connectivity index (χ1n) is 13.5. The molecular weight excluding hydrogens is 392 g/mol. The van der Waals surface area contributed by atoms with Crippen molar-refractivity contribution in [3.63, 3.8) is 0 Å². The first-order chi connectivity index (χ1) is 15.5. The van der Waals surface area contributed by atoms with Gasteiger partial charge in [0.15, 0.2) is 0 Å². The molecule has 2 nitrogen and oxygen atoms in total. The number of benzene rings is 2. The Morgan fingerprint density at radius 1 is 0.531 bits per heavy atom. The van der Waals surface area contributed by atoms with Crippen molar-refractivity contribution in [2.24, 2.45) is 35.5 Å². The van der Waals surface area contributed by atoms with Crippen molar-refractivity contribution >= 4 is 10.8 Å². The van der Waals surface area contributed by atoms with E-state index in [-0.39, 0.29) is 10.8 Å². The van der Waals surface area contributed by atoms with Gasteiger partial charge in [0.25, 0.3) is 0 Å². The van der Waals surface area contributed by atoms with Crippen LogP contribution in [-0.2, 0) is 10.8 Å². The van der Waals surface area contributed by atoms with E-state index in [0.29, 0.717) is 11.5 Å². The van der Waals surface area contributed by atoms with Crippen LogP contribution in [0.2, 0.25) is 0 Å². The van der Waals surface area contributed by atoms with E-state index in [2.05, 4.69) is 12.1 Å². The van der Waals surface area contributed by atoms with Gasteiger partial charge in [0, 0.05) is 5.56 Å². The van der Waals surface area contributed by atoms with Crippen molar-refractivity contribution in [2.75, 3.05) is 0 Å². The lowest BCUT2D eigenvalue weighted by Gasteiger charge is -2.58.